The Hall–Kier alpha value is -3.06. The number of benzene rings is 2. The molecule has 0 aliphatic carbocycles. The molecule has 0 saturated carbocycles. The summed E-state index contributed by atoms with van der Waals surface area (Å²) in [5, 5.41) is 8.61. The van der Waals surface area contributed by atoms with Crippen molar-refractivity contribution in [3.63, 3.8) is 0 Å². The van der Waals surface area contributed by atoms with E-state index in [0.717, 1.165) is 5.56 Å². The number of halogens is 1. The fourth-order valence-corrected chi connectivity index (χ4v) is 3.28. The number of hydrogen-bond donors (Lipinski definition) is 3. The molecule has 0 aromatic heterocycles. The van der Waals surface area contributed by atoms with Crippen molar-refractivity contribution in [2.24, 2.45) is 0 Å². The predicted octanol–water partition coefficient (Wildman–Crippen LogP) is 2.37. The minimum atomic E-state index is -0.346. The molecule has 3 N–H and O–H groups in total. The highest BCUT2D eigenvalue weighted by Gasteiger charge is 2.24. The SMILES string of the molecule is O=C(Nc1ccc2c(c1)C(=O)NC2)c1ccc(Cl)c(N2CCNC2=O)c1. The Labute approximate surface area is 154 Å². The van der Waals surface area contributed by atoms with Crippen LogP contribution in [-0.4, -0.2) is 30.9 Å². The molecule has 2 aliphatic rings. The summed E-state index contributed by atoms with van der Waals surface area (Å²) in [6, 6.07) is 9.74. The monoisotopic (exact) mass is 370 g/mol. The highest BCUT2D eigenvalue weighted by Crippen LogP contribution is 2.29. The quantitative estimate of drug-likeness (QED) is 0.774. The Balaban J connectivity index is 1.58. The van der Waals surface area contributed by atoms with Crippen LogP contribution in [0.25, 0.3) is 0 Å². The summed E-state index contributed by atoms with van der Waals surface area (Å²) in [6.45, 7) is 1.52. The van der Waals surface area contributed by atoms with E-state index >= 15 is 0 Å². The third-order valence-electron chi connectivity index (χ3n) is 4.41. The number of carbonyl (C=O) groups is 3. The summed E-state index contributed by atoms with van der Waals surface area (Å²) in [6.07, 6.45) is 0. The van der Waals surface area contributed by atoms with E-state index in [2.05, 4.69) is 16.0 Å². The molecule has 2 aliphatic heterocycles. The highest BCUT2D eigenvalue weighted by atomic mass is 35.5. The first-order chi connectivity index (χ1) is 12.5. The molecule has 132 valence electrons. The Morgan fingerprint density at radius 3 is 2.73 bits per heavy atom. The van der Waals surface area contributed by atoms with Gasteiger partial charge in [-0.05, 0) is 35.9 Å². The number of anilines is 2. The van der Waals surface area contributed by atoms with Gasteiger partial charge in [-0.25, -0.2) is 4.79 Å². The van der Waals surface area contributed by atoms with Crippen LogP contribution in [0.15, 0.2) is 36.4 Å². The lowest BCUT2D eigenvalue weighted by Gasteiger charge is -2.17. The van der Waals surface area contributed by atoms with Gasteiger partial charge in [-0.15, -0.1) is 0 Å². The topological polar surface area (TPSA) is 90.5 Å². The van der Waals surface area contributed by atoms with Crippen LogP contribution in [0, 0.1) is 0 Å². The molecule has 8 heteroatoms. The summed E-state index contributed by atoms with van der Waals surface area (Å²) in [7, 11) is 0. The number of carbonyl (C=O) groups excluding carboxylic acids is 3. The second kappa shape index (κ2) is 6.34. The summed E-state index contributed by atoms with van der Waals surface area (Å²) in [5.74, 6) is -0.495. The average molecular weight is 371 g/mol. The molecule has 7 nitrogen and oxygen atoms in total. The van der Waals surface area contributed by atoms with Crippen LogP contribution in [0.1, 0.15) is 26.3 Å². The molecular formula is C18H15ClN4O3. The van der Waals surface area contributed by atoms with Crippen LogP contribution in [-0.2, 0) is 6.54 Å². The van der Waals surface area contributed by atoms with Crippen molar-refractivity contribution in [1.29, 1.82) is 0 Å². The number of fused-ring (bicyclic) bond motifs is 1. The lowest BCUT2D eigenvalue weighted by molar-refractivity contribution is 0.0964. The number of nitrogens with zero attached hydrogens (tertiary/aromatic N) is 1. The maximum Gasteiger partial charge on any atom is 0.322 e. The lowest BCUT2D eigenvalue weighted by Crippen LogP contribution is -2.28. The van der Waals surface area contributed by atoms with Gasteiger partial charge in [-0.1, -0.05) is 17.7 Å². The zero-order valence-electron chi connectivity index (χ0n) is 13.6. The van der Waals surface area contributed by atoms with Crippen LogP contribution in [0.3, 0.4) is 0 Å². The van der Waals surface area contributed by atoms with Crippen LogP contribution in [0.4, 0.5) is 16.2 Å². The smallest absolute Gasteiger partial charge is 0.322 e. The molecule has 0 spiro atoms. The molecule has 2 aromatic rings. The number of nitrogens with one attached hydrogen (secondary N) is 3. The third kappa shape index (κ3) is 2.86. The first-order valence-corrected chi connectivity index (χ1v) is 8.48. The largest absolute Gasteiger partial charge is 0.348 e. The normalized spacial score (nSPS) is 15.5. The molecule has 4 amide bonds. The van der Waals surface area contributed by atoms with Gasteiger partial charge in [-0.3, -0.25) is 14.5 Å². The number of hydrogen-bond acceptors (Lipinski definition) is 3. The van der Waals surface area contributed by atoms with Gasteiger partial charge in [0.2, 0.25) is 0 Å². The van der Waals surface area contributed by atoms with E-state index in [1.54, 1.807) is 30.3 Å². The zero-order valence-corrected chi connectivity index (χ0v) is 14.4. The van der Waals surface area contributed by atoms with Crippen molar-refractivity contribution in [1.82, 2.24) is 10.6 Å². The molecule has 4 rings (SSSR count). The molecule has 2 heterocycles. The lowest BCUT2D eigenvalue weighted by atomic mass is 10.1. The summed E-state index contributed by atoms with van der Waals surface area (Å²) < 4.78 is 0. The Morgan fingerprint density at radius 2 is 1.96 bits per heavy atom. The first-order valence-electron chi connectivity index (χ1n) is 8.10. The second-order valence-electron chi connectivity index (χ2n) is 6.06. The minimum absolute atomic E-state index is 0.148. The van der Waals surface area contributed by atoms with Crippen molar-refractivity contribution < 1.29 is 14.4 Å². The zero-order chi connectivity index (χ0) is 18.3. The highest BCUT2D eigenvalue weighted by molar-refractivity contribution is 6.34. The third-order valence-corrected chi connectivity index (χ3v) is 4.73. The second-order valence-corrected chi connectivity index (χ2v) is 6.47. The molecule has 1 fully saturated rings. The van der Waals surface area contributed by atoms with Gasteiger partial charge in [0.15, 0.2) is 0 Å². The van der Waals surface area contributed by atoms with Gasteiger partial charge in [-0.2, -0.15) is 0 Å². The maximum atomic E-state index is 12.6. The fraction of sp³-hybridized carbons (Fsp3) is 0.167. The van der Waals surface area contributed by atoms with E-state index in [-0.39, 0.29) is 17.8 Å². The van der Waals surface area contributed by atoms with Crippen molar-refractivity contribution in [3.8, 4) is 0 Å². The Bertz CT molecular complexity index is 944. The minimum Gasteiger partial charge on any atom is -0.348 e. The van der Waals surface area contributed by atoms with E-state index in [1.807, 2.05) is 6.07 Å². The summed E-state index contributed by atoms with van der Waals surface area (Å²) in [5.41, 5.74) is 2.85. The molecular weight excluding hydrogens is 356 g/mol. The van der Waals surface area contributed by atoms with Crippen LogP contribution < -0.4 is 20.9 Å². The molecule has 0 bridgehead atoms. The van der Waals surface area contributed by atoms with Gasteiger partial charge in [0, 0.05) is 36.4 Å². The average Bonchev–Trinajstić information content (AvgIpc) is 3.21. The molecule has 0 radical (unpaired) electrons. The molecule has 26 heavy (non-hydrogen) atoms. The summed E-state index contributed by atoms with van der Waals surface area (Å²) >= 11 is 6.19. The Morgan fingerprint density at radius 1 is 1.12 bits per heavy atom. The van der Waals surface area contributed by atoms with Gasteiger partial charge in [0.25, 0.3) is 11.8 Å². The molecule has 0 unspecified atom stereocenters. The van der Waals surface area contributed by atoms with Crippen molar-refractivity contribution in [3.05, 3.63) is 58.1 Å². The molecule has 1 saturated heterocycles. The first kappa shape index (κ1) is 16.4. The summed E-state index contributed by atoms with van der Waals surface area (Å²) in [4.78, 5) is 37.7. The van der Waals surface area contributed by atoms with E-state index in [0.29, 0.717) is 47.2 Å². The van der Waals surface area contributed by atoms with Crippen molar-refractivity contribution in [2.45, 2.75) is 6.54 Å². The Kier molecular flexibility index (Phi) is 4.00. The van der Waals surface area contributed by atoms with Gasteiger partial charge < -0.3 is 16.0 Å². The standard InChI is InChI=1S/C18H15ClN4O3/c19-14-4-2-10(7-15(14)23-6-5-20-18(23)26)16(24)22-12-3-1-11-9-21-17(25)13(11)8-12/h1-4,7-8H,5-6,9H2,(H,20,26)(H,21,25)(H,22,24). The van der Waals surface area contributed by atoms with E-state index in [4.69, 9.17) is 11.6 Å². The van der Waals surface area contributed by atoms with Gasteiger partial charge in [0.1, 0.15) is 0 Å². The molecule has 0 atom stereocenters. The van der Waals surface area contributed by atoms with Gasteiger partial charge in [0.05, 0.1) is 10.7 Å². The van der Waals surface area contributed by atoms with E-state index in [1.165, 1.54) is 4.90 Å². The maximum absolute atomic E-state index is 12.6. The van der Waals surface area contributed by atoms with Crippen LogP contribution in [0.2, 0.25) is 5.02 Å². The van der Waals surface area contributed by atoms with E-state index in [9.17, 15) is 14.4 Å². The van der Waals surface area contributed by atoms with Crippen molar-refractivity contribution in [2.75, 3.05) is 23.3 Å². The van der Waals surface area contributed by atoms with Crippen LogP contribution in [0.5, 0.6) is 0 Å². The molecule has 2 aromatic carbocycles. The predicted molar refractivity (Wildman–Crippen MR) is 97.8 cm³/mol. The fourth-order valence-electron chi connectivity index (χ4n) is 3.06. The number of urea groups is 1. The number of rotatable bonds is 3. The van der Waals surface area contributed by atoms with Gasteiger partial charge >= 0.3 is 6.03 Å². The number of amides is 4. The van der Waals surface area contributed by atoms with E-state index < -0.39 is 0 Å². The van der Waals surface area contributed by atoms with Crippen LogP contribution >= 0.6 is 11.6 Å². The van der Waals surface area contributed by atoms with Crippen molar-refractivity contribution >= 4 is 40.8 Å².